The monoisotopic (exact) mass is 275 g/mol. The topological polar surface area (TPSA) is 89.8 Å². The quantitative estimate of drug-likeness (QED) is 0.778. The van der Waals surface area contributed by atoms with E-state index in [4.69, 9.17) is 11.5 Å². The van der Waals surface area contributed by atoms with Gasteiger partial charge in [0, 0.05) is 17.3 Å². The van der Waals surface area contributed by atoms with E-state index >= 15 is 0 Å². The van der Waals surface area contributed by atoms with E-state index < -0.39 is 0 Å². The fourth-order valence-corrected chi connectivity index (χ4v) is 2.71. The van der Waals surface area contributed by atoms with E-state index in [-0.39, 0.29) is 0 Å². The average Bonchev–Trinajstić information content (AvgIpc) is 3.11. The maximum Gasteiger partial charge on any atom is 0.225 e. The molecular weight excluding hydrogens is 258 g/mol. The van der Waals surface area contributed by atoms with Crippen LogP contribution in [-0.2, 0) is 6.42 Å². The lowest BCUT2D eigenvalue weighted by Gasteiger charge is -2.10. The molecule has 2 aromatic rings. The van der Waals surface area contributed by atoms with Crippen molar-refractivity contribution in [2.75, 3.05) is 23.3 Å². The summed E-state index contributed by atoms with van der Waals surface area (Å²) in [5.74, 6) is 1.45. The molecule has 0 bridgehead atoms. The van der Waals surface area contributed by atoms with Crippen molar-refractivity contribution in [3.8, 4) is 0 Å². The SMILES string of the molecule is Nc1nc(NCCc2cccs2)nc(C2CC2)c1N. The number of nitrogens with zero attached hydrogens (tertiary/aromatic N) is 2. The van der Waals surface area contributed by atoms with Gasteiger partial charge in [-0.1, -0.05) is 6.07 Å². The highest BCUT2D eigenvalue weighted by atomic mass is 32.1. The average molecular weight is 275 g/mol. The first-order valence-electron chi connectivity index (χ1n) is 6.43. The lowest BCUT2D eigenvalue weighted by molar-refractivity contribution is 0.959. The third kappa shape index (κ3) is 2.78. The second kappa shape index (κ2) is 5.05. The van der Waals surface area contributed by atoms with Gasteiger partial charge >= 0.3 is 0 Å². The minimum Gasteiger partial charge on any atom is -0.394 e. The molecule has 1 aliphatic carbocycles. The molecule has 2 heterocycles. The van der Waals surface area contributed by atoms with E-state index in [1.807, 2.05) is 0 Å². The van der Waals surface area contributed by atoms with Crippen LogP contribution in [0.5, 0.6) is 0 Å². The van der Waals surface area contributed by atoms with Crippen LogP contribution in [0.4, 0.5) is 17.5 Å². The Balaban J connectivity index is 1.67. The van der Waals surface area contributed by atoms with Gasteiger partial charge in [0.05, 0.1) is 11.4 Å². The molecule has 0 spiro atoms. The third-order valence-electron chi connectivity index (χ3n) is 3.20. The van der Waals surface area contributed by atoms with Crippen molar-refractivity contribution in [1.29, 1.82) is 0 Å². The number of nitrogen functional groups attached to an aromatic ring is 2. The maximum atomic E-state index is 5.92. The standard InChI is InChI=1S/C13H17N5S/c14-10-11(8-3-4-8)17-13(18-12(10)15)16-6-5-9-2-1-7-19-9/h1-2,7-8H,3-6,14H2,(H3,15,16,17,18). The molecule has 6 heteroatoms. The first-order valence-corrected chi connectivity index (χ1v) is 7.31. The molecule has 0 saturated heterocycles. The zero-order valence-corrected chi connectivity index (χ0v) is 11.4. The van der Waals surface area contributed by atoms with Gasteiger partial charge in [-0.3, -0.25) is 0 Å². The number of hydrogen-bond acceptors (Lipinski definition) is 6. The Morgan fingerprint density at radius 3 is 2.84 bits per heavy atom. The number of nitrogens with two attached hydrogens (primary N) is 2. The molecule has 0 unspecified atom stereocenters. The highest BCUT2D eigenvalue weighted by Gasteiger charge is 2.28. The molecule has 5 N–H and O–H groups in total. The van der Waals surface area contributed by atoms with Crippen molar-refractivity contribution in [2.45, 2.75) is 25.2 Å². The highest BCUT2D eigenvalue weighted by molar-refractivity contribution is 7.09. The van der Waals surface area contributed by atoms with E-state index in [1.54, 1.807) is 11.3 Å². The summed E-state index contributed by atoms with van der Waals surface area (Å²) in [6.07, 6.45) is 3.26. The summed E-state index contributed by atoms with van der Waals surface area (Å²) in [6.45, 7) is 0.800. The van der Waals surface area contributed by atoms with Crippen molar-refractivity contribution in [1.82, 2.24) is 9.97 Å². The summed E-state index contributed by atoms with van der Waals surface area (Å²) in [5.41, 5.74) is 13.2. The fourth-order valence-electron chi connectivity index (χ4n) is 2.00. The molecule has 0 radical (unpaired) electrons. The molecule has 1 saturated carbocycles. The minimum absolute atomic E-state index is 0.385. The summed E-state index contributed by atoms with van der Waals surface area (Å²) >= 11 is 1.76. The second-order valence-electron chi connectivity index (χ2n) is 4.76. The molecule has 19 heavy (non-hydrogen) atoms. The van der Waals surface area contributed by atoms with Crippen molar-refractivity contribution in [3.63, 3.8) is 0 Å². The summed E-state index contributed by atoms with van der Waals surface area (Å²) in [4.78, 5) is 10.0. The Kier molecular flexibility index (Phi) is 3.25. The van der Waals surface area contributed by atoms with Gasteiger partial charge in [-0.05, 0) is 30.7 Å². The van der Waals surface area contributed by atoms with E-state index in [9.17, 15) is 0 Å². The number of nitrogens with one attached hydrogen (secondary N) is 1. The van der Waals surface area contributed by atoms with Crippen LogP contribution in [0.1, 0.15) is 29.3 Å². The molecule has 2 aromatic heterocycles. The molecule has 1 aliphatic rings. The van der Waals surface area contributed by atoms with Crippen LogP contribution in [0.3, 0.4) is 0 Å². The first kappa shape index (κ1) is 12.2. The van der Waals surface area contributed by atoms with Gasteiger partial charge in [-0.15, -0.1) is 11.3 Å². The van der Waals surface area contributed by atoms with Crippen molar-refractivity contribution >= 4 is 28.8 Å². The van der Waals surface area contributed by atoms with E-state index in [1.165, 1.54) is 4.88 Å². The molecule has 0 atom stereocenters. The van der Waals surface area contributed by atoms with E-state index in [0.29, 0.717) is 23.4 Å². The zero-order valence-electron chi connectivity index (χ0n) is 10.6. The van der Waals surface area contributed by atoms with E-state index in [0.717, 1.165) is 31.5 Å². The van der Waals surface area contributed by atoms with Crippen molar-refractivity contribution in [3.05, 3.63) is 28.1 Å². The van der Waals surface area contributed by atoms with Gasteiger partial charge in [0.1, 0.15) is 0 Å². The van der Waals surface area contributed by atoms with E-state index in [2.05, 4.69) is 32.8 Å². The largest absolute Gasteiger partial charge is 0.394 e. The first-order chi connectivity index (χ1) is 9.24. The van der Waals surface area contributed by atoms with Gasteiger partial charge in [0.15, 0.2) is 5.82 Å². The van der Waals surface area contributed by atoms with Crippen LogP contribution in [0.15, 0.2) is 17.5 Å². The highest BCUT2D eigenvalue weighted by Crippen LogP contribution is 2.42. The molecule has 5 nitrogen and oxygen atoms in total. The summed E-state index contributed by atoms with van der Waals surface area (Å²) in [7, 11) is 0. The second-order valence-corrected chi connectivity index (χ2v) is 5.79. The molecule has 100 valence electrons. The van der Waals surface area contributed by atoms with Crippen LogP contribution >= 0.6 is 11.3 Å². The van der Waals surface area contributed by atoms with Crippen molar-refractivity contribution in [2.24, 2.45) is 0 Å². The van der Waals surface area contributed by atoms with Gasteiger partial charge in [0.2, 0.25) is 5.95 Å². The van der Waals surface area contributed by atoms with Crippen molar-refractivity contribution < 1.29 is 0 Å². The summed E-state index contributed by atoms with van der Waals surface area (Å²) in [6, 6.07) is 4.18. The van der Waals surface area contributed by atoms with Gasteiger partial charge in [0.25, 0.3) is 0 Å². The van der Waals surface area contributed by atoms with Crippen LogP contribution in [0, 0.1) is 0 Å². The summed E-state index contributed by atoms with van der Waals surface area (Å²) in [5, 5.41) is 5.30. The lowest BCUT2D eigenvalue weighted by atomic mass is 10.2. The number of anilines is 3. The Labute approximate surface area is 116 Å². The molecular formula is C13H17N5S. The Morgan fingerprint density at radius 1 is 1.32 bits per heavy atom. The van der Waals surface area contributed by atoms with Crippen LogP contribution in [0.2, 0.25) is 0 Å². The Hall–Kier alpha value is -1.82. The normalized spacial score (nSPS) is 14.5. The number of thiophene rings is 1. The third-order valence-corrected chi connectivity index (χ3v) is 4.14. The molecule has 1 fully saturated rings. The van der Waals surface area contributed by atoms with Gasteiger partial charge < -0.3 is 16.8 Å². The maximum absolute atomic E-state index is 5.92. The number of aromatic nitrogens is 2. The van der Waals surface area contributed by atoms with Gasteiger partial charge in [-0.2, -0.15) is 4.98 Å². The number of rotatable bonds is 5. The molecule has 3 rings (SSSR count). The fraction of sp³-hybridized carbons (Fsp3) is 0.385. The predicted molar refractivity (Wildman–Crippen MR) is 79.3 cm³/mol. The van der Waals surface area contributed by atoms with Crippen LogP contribution < -0.4 is 16.8 Å². The Morgan fingerprint density at radius 2 is 2.16 bits per heavy atom. The number of hydrogen-bond donors (Lipinski definition) is 3. The summed E-state index contributed by atoms with van der Waals surface area (Å²) < 4.78 is 0. The van der Waals surface area contributed by atoms with Gasteiger partial charge in [-0.25, -0.2) is 4.98 Å². The lowest BCUT2D eigenvalue weighted by Crippen LogP contribution is -2.12. The Bertz CT molecular complexity index is 563. The predicted octanol–water partition coefficient (Wildman–Crippen LogP) is 2.23. The van der Waals surface area contributed by atoms with Crippen LogP contribution in [0.25, 0.3) is 0 Å². The molecule has 0 aromatic carbocycles. The smallest absolute Gasteiger partial charge is 0.225 e. The minimum atomic E-state index is 0.385. The molecule has 0 aliphatic heterocycles. The van der Waals surface area contributed by atoms with Crippen LogP contribution in [-0.4, -0.2) is 16.5 Å². The molecule has 0 amide bonds. The zero-order chi connectivity index (χ0) is 13.2.